The van der Waals surface area contributed by atoms with E-state index in [-0.39, 0.29) is 18.0 Å². The van der Waals surface area contributed by atoms with Gasteiger partial charge in [-0.15, -0.1) is 11.3 Å². The average molecular weight is 389 g/mol. The third-order valence-electron chi connectivity index (χ3n) is 4.57. The van der Waals surface area contributed by atoms with Crippen molar-refractivity contribution in [3.63, 3.8) is 0 Å². The molecule has 6 heteroatoms. The van der Waals surface area contributed by atoms with Crippen molar-refractivity contribution in [2.45, 2.75) is 13.1 Å². The Kier molecular flexibility index (Phi) is 5.04. The second kappa shape index (κ2) is 7.78. The van der Waals surface area contributed by atoms with Crippen molar-refractivity contribution in [2.75, 3.05) is 7.05 Å². The monoisotopic (exact) mass is 389 g/mol. The number of hydrogen-bond donors (Lipinski definition) is 0. The molecule has 0 aliphatic heterocycles. The van der Waals surface area contributed by atoms with Gasteiger partial charge in [-0.25, -0.2) is 4.98 Å². The second-order valence-corrected chi connectivity index (χ2v) is 7.64. The summed E-state index contributed by atoms with van der Waals surface area (Å²) in [7, 11) is 1.74. The molecular weight excluding hydrogens is 370 g/mol. The van der Waals surface area contributed by atoms with E-state index in [1.807, 2.05) is 66.7 Å². The maximum Gasteiger partial charge on any atom is 0.262 e. The summed E-state index contributed by atoms with van der Waals surface area (Å²) in [6.07, 6.45) is 1.46. The second-order valence-electron chi connectivity index (χ2n) is 6.61. The van der Waals surface area contributed by atoms with Gasteiger partial charge in [0, 0.05) is 18.5 Å². The molecule has 28 heavy (non-hydrogen) atoms. The number of aromatic nitrogens is 2. The van der Waals surface area contributed by atoms with E-state index in [0.717, 1.165) is 16.0 Å². The topological polar surface area (TPSA) is 55.2 Å². The predicted octanol–water partition coefficient (Wildman–Crippen LogP) is 3.78. The summed E-state index contributed by atoms with van der Waals surface area (Å²) >= 11 is 1.48. The molecule has 0 radical (unpaired) electrons. The van der Waals surface area contributed by atoms with Crippen LogP contribution >= 0.6 is 11.3 Å². The van der Waals surface area contributed by atoms with Gasteiger partial charge in [-0.05, 0) is 17.2 Å². The molecule has 0 saturated heterocycles. The molecule has 2 aromatic carbocycles. The van der Waals surface area contributed by atoms with Crippen LogP contribution in [0.1, 0.15) is 5.56 Å². The Bertz CT molecular complexity index is 1170. The van der Waals surface area contributed by atoms with E-state index in [4.69, 9.17) is 0 Å². The minimum Gasteiger partial charge on any atom is -0.340 e. The van der Waals surface area contributed by atoms with Crippen LogP contribution in [0.3, 0.4) is 0 Å². The highest BCUT2D eigenvalue weighted by molar-refractivity contribution is 7.21. The number of rotatable bonds is 5. The summed E-state index contributed by atoms with van der Waals surface area (Å²) < 4.78 is 1.38. The first-order chi connectivity index (χ1) is 13.6. The highest BCUT2D eigenvalue weighted by Gasteiger charge is 2.14. The van der Waals surface area contributed by atoms with Crippen LogP contribution in [0.2, 0.25) is 0 Å². The van der Waals surface area contributed by atoms with Crippen LogP contribution in [0.4, 0.5) is 0 Å². The molecule has 2 aromatic heterocycles. The van der Waals surface area contributed by atoms with Crippen molar-refractivity contribution in [3.8, 4) is 10.4 Å². The molecule has 0 aliphatic carbocycles. The normalized spacial score (nSPS) is 10.9. The van der Waals surface area contributed by atoms with Gasteiger partial charge in [-0.1, -0.05) is 60.7 Å². The van der Waals surface area contributed by atoms with Gasteiger partial charge in [0.05, 0.1) is 11.7 Å². The molecule has 0 atom stereocenters. The number of hydrogen-bond acceptors (Lipinski definition) is 4. The fourth-order valence-electron chi connectivity index (χ4n) is 3.03. The molecule has 4 aromatic rings. The number of amides is 1. The standard InChI is InChI=1S/C22H19N3O2S/c1-24(13-16-8-4-2-5-9-16)20(26)14-25-15-23-21-18(22(25)27)12-19(28-21)17-10-6-3-7-11-17/h2-12,15H,13-14H2,1H3. The molecule has 0 aliphatic rings. The minimum atomic E-state index is -0.190. The quantitative estimate of drug-likeness (QED) is 0.522. The fraction of sp³-hybridized carbons (Fsp3) is 0.136. The molecule has 0 saturated carbocycles. The Balaban J connectivity index is 1.56. The van der Waals surface area contributed by atoms with Gasteiger partial charge in [0.15, 0.2) is 0 Å². The molecule has 5 nitrogen and oxygen atoms in total. The summed E-state index contributed by atoms with van der Waals surface area (Å²) in [5.41, 5.74) is 1.91. The molecule has 2 heterocycles. The summed E-state index contributed by atoms with van der Waals surface area (Å²) in [6.45, 7) is 0.475. The van der Waals surface area contributed by atoms with Crippen molar-refractivity contribution >= 4 is 27.5 Å². The minimum absolute atomic E-state index is 0.0262. The maximum atomic E-state index is 12.8. The van der Waals surface area contributed by atoms with Crippen LogP contribution in [-0.4, -0.2) is 27.4 Å². The first-order valence-electron chi connectivity index (χ1n) is 8.94. The SMILES string of the molecule is CN(Cc1ccccc1)C(=O)Cn1cnc2sc(-c3ccccc3)cc2c1=O. The van der Waals surface area contributed by atoms with E-state index in [1.165, 1.54) is 22.2 Å². The Morgan fingerprint density at radius 3 is 2.46 bits per heavy atom. The van der Waals surface area contributed by atoms with E-state index in [0.29, 0.717) is 16.8 Å². The first kappa shape index (κ1) is 18.1. The number of carbonyl (C=O) groups is 1. The van der Waals surface area contributed by atoms with Crippen LogP contribution < -0.4 is 5.56 Å². The third kappa shape index (κ3) is 3.73. The summed E-state index contributed by atoms with van der Waals surface area (Å²) in [5, 5.41) is 0.546. The molecule has 0 spiro atoms. The van der Waals surface area contributed by atoms with Gasteiger partial charge in [0.2, 0.25) is 5.91 Å². The fourth-order valence-corrected chi connectivity index (χ4v) is 4.02. The smallest absolute Gasteiger partial charge is 0.262 e. The largest absolute Gasteiger partial charge is 0.340 e. The zero-order valence-electron chi connectivity index (χ0n) is 15.4. The Hall–Kier alpha value is -3.25. The number of carbonyl (C=O) groups excluding carboxylic acids is 1. The van der Waals surface area contributed by atoms with Crippen molar-refractivity contribution in [1.29, 1.82) is 0 Å². The molecule has 0 fully saturated rings. The van der Waals surface area contributed by atoms with Crippen LogP contribution in [0.5, 0.6) is 0 Å². The Morgan fingerprint density at radius 2 is 1.75 bits per heavy atom. The highest BCUT2D eigenvalue weighted by atomic mass is 32.1. The van der Waals surface area contributed by atoms with Crippen LogP contribution in [0.25, 0.3) is 20.7 Å². The predicted molar refractivity (Wildman–Crippen MR) is 112 cm³/mol. The zero-order chi connectivity index (χ0) is 19.5. The van der Waals surface area contributed by atoms with Gasteiger partial charge >= 0.3 is 0 Å². The van der Waals surface area contributed by atoms with Crippen molar-refractivity contribution in [2.24, 2.45) is 0 Å². The van der Waals surface area contributed by atoms with Crippen LogP contribution in [-0.2, 0) is 17.9 Å². The lowest BCUT2D eigenvalue weighted by Crippen LogP contribution is -2.33. The summed E-state index contributed by atoms with van der Waals surface area (Å²) in [5.74, 6) is -0.134. The zero-order valence-corrected chi connectivity index (χ0v) is 16.2. The molecular formula is C22H19N3O2S. The van der Waals surface area contributed by atoms with Crippen molar-refractivity contribution < 1.29 is 4.79 Å². The maximum absolute atomic E-state index is 12.8. The molecule has 0 unspecified atom stereocenters. The molecule has 1 amide bonds. The van der Waals surface area contributed by atoms with E-state index in [2.05, 4.69) is 4.98 Å². The van der Waals surface area contributed by atoms with Crippen molar-refractivity contribution in [3.05, 3.63) is 89.0 Å². The lowest BCUT2D eigenvalue weighted by atomic mass is 10.2. The number of thiophene rings is 1. The van der Waals surface area contributed by atoms with Gasteiger partial charge in [0.25, 0.3) is 5.56 Å². The third-order valence-corrected chi connectivity index (χ3v) is 5.66. The Labute approximate surface area is 166 Å². The molecule has 140 valence electrons. The number of likely N-dealkylation sites (N-methyl/N-ethyl adjacent to an activating group) is 1. The van der Waals surface area contributed by atoms with E-state index in [1.54, 1.807) is 11.9 Å². The lowest BCUT2D eigenvalue weighted by Gasteiger charge is -2.17. The first-order valence-corrected chi connectivity index (χ1v) is 9.76. The molecule has 0 bridgehead atoms. The van der Waals surface area contributed by atoms with Crippen LogP contribution in [0, 0.1) is 0 Å². The summed E-state index contributed by atoms with van der Waals surface area (Å²) in [4.78, 5) is 33.1. The van der Waals surface area contributed by atoms with Crippen molar-refractivity contribution in [1.82, 2.24) is 14.5 Å². The number of fused-ring (bicyclic) bond motifs is 1. The Morgan fingerprint density at radius 1 is 1.07 bits per heavy atom. The molecule has 4 rings (SSSR count). The average Bonchev–Trinajstić information content (AvgIpc) is 3.17. The number of nitrogens with zero attached hydrogens (tertiary/aromatic N) is 3. The van der Waals surface area contributed by atoms with E-state index < -0.39 is 0 Å². The van der Waals surface area contributed by atoms with Gasteiger partial charge in [-0.2, -0.15) is 0 Å². The van der Waals surface area contributed by atoms with Gasteiger partial charge in [0.1, 0.15) is 11.4 Å². The summed E-state index contributed by atoms with van der Waals surface area (Å²) in [6, 6.07) is 21.5. The highest BCUT2D eigenvalue weighted by Crippen LogP contribution is 2.30. The lowest BCUT2D eigenvalue weighted by molar-refractivity contribution is -0.131. The van der Waals surface area contributed by atoms with E-state index >= 15 is 0 Å². The van der Waals surface area contributed by atoms with Gasteiger partial charge in [-0.3, -0.25) is 14.2 Å². The van der Waals surface area contributed by atoms with Crippen LogP contribution in [0.15, 0.2) is 77.9 Å². The van der Waals surface area contributed by atoms with Gasteiger partial charge < -0.3 is 4.90 Å². The molecule has 0 N–H and O–H groups in total. The number of benzene rings is 2. The van der Waals surface area contributed by atoms with E-state index in [9.17, 15) is 9.59 Å².